The summed E-state index contributed by atoms with van der Waals surface area (Å²) < 4.78 is 1.60. The lowest BCUT2D eigenvalue weighted by Gasteiger charge is -2.30. The van der Waals surface area contributed by atoms with Crippen molar-refractivity contribution in [1.82, 2.24) is 25.3 Å². The van der Waals surface area contributed by atoms with Gasteiger partial charge in [-0.15, -0.1) is 5.10 Å². The van der Waals surface area contributed by atoms with Crippen LogP contribution in [-0.4, -0.2) is 51.3 Å². The molecule has 2 heterocycles. The first-order chi connectivity index (χ1) is 9.60. The van der Waals surface area contributed by atoms with Gasteiger partial charge in [0.1, 0.15) is 0 Å². The van der Waals surface area contributed by atoms with Gasteiger partial charge < -0.3 is 10.6 Å². The first-order valence-electron chi connectivity index (χ1n) is 6.53. The predicted octanol–water partition coefficient (Wildman–Crippen LogP) is -1.92. The second-order valence-electron chi connectivity index (χ2n) is 4.86. The van der Waals surface area contributed by atoms with Crippen molar-refractivity contribution in [3.63, 3.8) is 0 Å². The third-order valence-electron chi connectivity index (χ3n) is 3.54. The Balaban J connectivity index is 1.77. The van der Waals surface area contributed by atoms with E-state index in [0.717, 1.165) is 32.5 Å². The number of carbonyl (C=O) groups is 2. The first-order valence-corrected chi connectivity index (χ1v) is 6.53. The summed E-state index contributed by atoms with van der Waals surface area (Å²) in [5.74, 6) is 4.35. The molecule has 1 aromatic rings. The number of nitrogens with zero attached hydrogens (tertiary/aromatic N) is 4. The summed E-state index contributed by atoms with van der Waals surface area (Å²) in [6, 6.07) is 0. The number of likely N-dealkylation sites (tertiary alicyclic amines) is 1. The van der Waals surface area contributed by atoms with Gasteiger partial charge in [0.05, 0.1) is 12.7 Å². The van der Waals surface area contributed by atoms with Crippen molar-refractivity contribution >= 4 is 11.8 Å². The van der Waals surface area contributed by atoms with Crippen LogP contribution in [-0.2, 0) is 11.3 Å². The number of carbonyl (C=O) groups excluding carboxylic acids is 2. The van der Waals surface area contributed by atoms with Crippen LogP contribution in [0.25, 0.3) is 0 Å². The van der Waals surface area contributed by atoms with Crippen LogP contribution < -0.4 is 17.0 Å². The highest BCUT2D eigenvalue weighted by Crippen LogP contribution is 2.16. The van der Waals surface area contributed by atoms with Gasteiger partial charge in [0.15, 0.2) is 5.69 Å². The minimum absolute atomic E-state index is 0.00234. The molecule has 20 heavy (non-hydrogen) atoms. The molecule has 1 aliphatic rings. The van der Waals surface area contributed by atoms with Crippen LogP contribution in [0.5, 0.6) is 0 Å². The Hall–Kier alpha value is -2.00. The maximum absolute atomic E-state index is 11.2. The molecule has 0 bridgehead atoms. The molecule has 0 aliphatic carbocycles. The Morgan fingerprint density at radius 3 is 2.65 bits per heavy atom. The highest BCUT2D eigenvalue weighted by atomic mass is 16.2. The first kappa shape index (κ1) is 14.4. The fourth-order valence-corrected chi connectivity index (χ4v) is 2.27. The van der Waals surface area contributed by atoms with Crippen molar-refractivity contribution in [3.05, 3.63) is 11.9 Å². The maximum atomic E-state index is 11.2. The van der Waals surface area contributed by atoms with Crippen LogP contribution in [0.2, 0.25) is 0 Å². The van der Waals surface area contributed by atoms with Gasteiger partial charge in [-0.3, -0.25) is 19.7 Å². The van der Waals surface area contributed by atoms with Crippen LogP contribution in [0.4, 0.5) is 0 Å². The Morgan fingerprint density at radius 1 is 1.35 bits per heavy atom. The summed E-state index contributed by atoms with van der Waals surface area (Å²) in [4.78, 5) is 24.5. The molecule has 0 unspecified atom stereocenters. The molecule has 9 heteroatoms. The molecule has 0 aromatic carbocycles. The molecule has 0 spiro atoms. The van der Waals surface area contributed by atoms with E-state index in [1.54, 1.807) is 10.9 Å². The molecule has 0 atom stereocenters. The SMILES string of the molecule is NNC(=O)c1cn(CCN2CCC(C(N)=O)CC2)nn1. The van der Waals surface area contributed by atoms with Crippen LogP contribution in [0.1, 0.15) is 23.3 Å². The number of rotatable bonds is 5. The van der Waals surface area contributed by atoms with Crippen molar-refractivity contribution < 1.29 is 9.59 Å². The number of hydrazine groups is 1. The van der Waals surface area contributed by atoms with Crippen molar-refractivity contribution in [3.8, 4) is 0 Å². The fraction of sp³-hybridized carbons (Fsp3) is 0.636. The topological polar surface area (TPSA) is 132 Å². The average molecular weight is 281 g/mol. The molecule has 1 aromatic heterocycles. The van der Waals surface area contributed by atoms with E-state index in [9.17, 15) is 9.59 Å². The van der Waals surface area contributed by atoms with Gasteiger partial charge >= 0.3 is 0 Å². The second kappa shape index (κ2) is 6.44. The van der Waals surface area contributed by atoms with Gasteiger partial charge in [0.2, 0.25) is 5.91 Å². The van der Waals surface area contributed by atoms with E-state index in [4.69, 9.17) is 11.6 Å². The van der Waals surface area contributed by atoms with Gasteiger partial charge in [0, 0.05) is 12.5 Å². The fourth-order valence-electron chi connectivity index (χ4n) is 2.27. The zero-order valence-electron chi connectivity index (χ0n) is 11.2. The standard InChI is InChI=1S/C11H19N7O2/c12-10(19)8-1-3-17(4-2-8)5-6-18-7-9(15-16-18)11(20)14-13/h7-8H,1-6,13H2,(H2,12,19)(H,14,20). The molecule has 1 saturated heterocycles. The number of aromatic nitrogens is 3. The van der Waals surface area contributed by atoms with Gasteiger partial charge in [-0.1, -0.05) is 5.21 Å². The Kier molecular flexibility index (Phi) is 4.64. The smallest absolute Gasteiger partial charge is 0.287 e. The molecule has 0 saturated carbocycles. The third-order valence-corrected chi connectivity index (χ3v) is 3.54. The van der Waals surface area contributed by atoms with Crippen LogP contribution in [0.15, 0.2) is 6.20 Å². The van der Waals surface area contributed by atoms with Gasteiger partial charge in [-0.05, 0) is 25.9 Å². The van der Waals surface area contributed by atoms with Crippen molar-refractivity contribution in [1.29, 1.82) is 0 Å². The summed E-state index contributed by atoms with van der Waals surface area (Å²) in [5, 5.41) is 7.59. The number of amides is 2. The maximum Gasteiger partial charge on any atom is 0.287 e. The minimum Gasteiger partial charge on any atom is -0.369 e. The van der Waals surface area contributed by atoms with E-state index in [2.05, 4.69) is 15.2 Å². The van der Waals surface area contributed by atoms with E-state index < -0.39 is 5.91 Å². The molecule has 1 aliphatic heterocycles. The quantitative estimate of drug-likeness (QED) is 0.327. The Bertz CT molecular complexity index is 479. The lowest BCUT2D eigenvalue weighted by Crippen LogP contribution is -2.39. The van der Waals surface area contributed by atoms with Crippen LogP contribution in [0, 0.1) is 5.92 Å². The minimum atomic E-state index is -0.460. The zero-order chi connectivity index (χ0) is 14.5. The lowest BCUT2D eigenvalue weighted by molar-refractivity contribution is -0.123. The lowest BCUT2D eigenvalue weighted by atomic mass is 9.96. The largest absolute Gasteiger partial charge is 0.369 e. The van der Waals surface area contributed by atoms with Crippen LogP contribution in [0.3, 0.4) is 0 Å². The number of nitrogens with two attached hydrogens (primary N) is 2. The van der Waals surface area contributed by atoms with Crippen LogP contribution >= 0.6 is 0 Å². The Morgan fingerprint density at radius 2 is 2.05 bits per heavy atom. The number of piperidine rings is 1. The van der Waals surface area contributed by atoms with Crippen molar-refractivity contribution in [2.75, 3.05) is 19.6 Å². The zero-order valence-corrected chi connectivity index (χ0v) is 11.2. The predicted molar refractivity (Wildman–Crippen MR) is 70.0 cm³/mol. The van der Waals surface area contributed by atoms with E-state index in [1.807, 2.05) is 5.43 Å². The number of nitrogens with one attached hydrogen (secondary N) is 1. The van der Waals surface area contributed by atoms with Gasteiger partial charge in [0.25, 0.3) is 5.91 Å². The molecule has 1 fully saturated rings. The summed E-state index contributed by atoms with van der Waals surface area (Å²) >= 11 is 0. The molecule has 2 amide bonds. The average Bonchev–Trinajstić information content (AvgIpc) is 2.93. The molecule has 9 nitrogen and oxygen atoms in total. The molecule has 2 rings (SSSR count). The summed E-state index contributed by atoms with van der Waals surface area (Å²) in [5.41, 5.74) is 7.49. The number of hydrogen-bond acceptors (Lipinski definition) is 6. The monoisotopic (exact) mass is 281 g/mol. The summed E-state index contributed by atoms with van der Waals surface area (Å²) in [6.07, 6.45) is 3.15. The van der Waals surface area contributed by atoms with E-state index >= 15 is 0 Å². The van der Waals surface area contributed by atoms with E-state index in [-0.39, 0.29) is 17.5 Å². The highest BCUT2D eigenvalue weighted by molar-refractivity contribution is 5.91. The third kappa shape index (κ3) is 3.52. The van der Waals surface area contributed by atoms with Gasteiger partial charge in [-0.2, -0.15) is 0 Å². The van der Waals surface area contributed by atoms with Gasteiger partial charge in [-0.25, -0.2) is 5.84 Å². The molecule has 5 N–H and O–H groups in total. The molecule has 110 valence electrons. The van der Waals surface area contributed by atoms with E-state index in [0.29, 0.717) is 6.54 Å². The number of nitrogen functional groups attached to an aromatic ring is 1. The number of hydrogen-bond donors (Lipinski definition) is 3. The normalized spacial score (nSPS) is 17.1. The summed E-state index contributed by atoms with van der Waals surface area (Å²) in [6.45, 7) is 3.11. The molecule has 0 radical (unpaired) electrons. The summed E-state index contributed by atoms with van der Waals surface area (Å²) in [7, 11) is 0. The number of primary amides is 1. The van der Waals surface area contributed by atoms with Crippen molar-refractivity contribution in [2.24, 2.45) is 17.5 Å². The Labute approximate surface area is 116 Å². The molecular weight excluding hydrogens is 262 g/mol. The van der Waals surface area contributed by atoms with Crippen molar-refractivity contribution in [2.45, 2.75) is 19.4 Å². The highest BCUT2D eigenvalue weighted by Gasteiger charge is 2.22. The van der Waals surface area contributed by atoms with E-state index in [1.165, 1.54) is 0 Å². The second-order valence-corrected chi connectivity index (χ2v) is 4.86. The molecular formula is C11H19N7O2.